The quantitative estimate of drug-likeness (QED) is 0.405. The predicted molar refractivity (Wildman–Crippen MR) is 73.9 cm³/mol. The summed E-state index contributed by atoms with van der Waals surface area (Å²) in [6.07, 6.45) is 0.987. The van der Waals surface area contributed by atoms with Crippen LogP contribution < -0.4 is 16.7 Å². The molecular weight excluding hydrogens is 282 g/mol. The zero-order valence-electron chi connectivity index (χ0n) is 10.2. The lowest BCUT2D eigenvalue weighted by molar-refractivity contribution is -0.113. The second-order valence-electron chi connectivity index (χ2n) is 3.72. The Labute approximate surface area is 117 Å². The van der Waals surface area contributed by atoms with Crippen LogP contribution in [0.1, 0.15) is 0 Å². The number of hydrogen-bond acceptors (Lipinski definition) is 7. The number of nitrogens with zero attached hydrogens (tertiary/aromatic N) is 3. The van der Waals surface area contributed by atoms with Gasteiger partial charge in [-0.2, -0.15) is 9.77 Å². The Morgan fingerprint density at radius 3 is 2.80 bits per heavy atom. The van der Waals surface area contributed by atoms with Crippen LogP contribution in [0.3, 0.4) is 0 Å². The minimum Gasteiger partial charge on any atom is -0.508 e. The minimum atomic E-state index is -0.499. The number of aromatic nitrogens is 3. The molecule has 104 valence electrons. The van der Waals surface area contributed by atoms with Gasteiger partial charge in [-0.15, -0.1) is 5.10 Å². The molecule has 0 spiro atoms. The highest BCUT2D eigenvalue weighted by Gasteiger charge is 2.08. The lowest BCUT2D eigenvalue weighted by Crippen LogP contribution is -2.30. The van der Waals surface area contributed by atoms with Gasteiger partial charge in [-0.25, -0.2) is 0 Å². The van der Waals surface area contributed by atoms with Gasteiger partial charge in [0.1, 0.15) is 11.9 Å². The number of carbonyl (C=O) groups is 1. The fraction of sp³-hybridized carbons (Fsp3) is 0.0909. The maximum absolute atomic E-state index is 11.7. The molecule has 8 nitrogen and oxygen atoms in total. The highest BCUT2D eigenvalue weighted by Crippen LogP contribution is 2.15. The number of carbonyl (C=O) groups excluding carboxylic acids is 1. The molecule has 0 atom stereocenters. The Bertz CT molecular complexity index is 671. The van der Waals surface area contributed by atoms with Gasteiger partial charge in [0.2, 0.25) is 11.1 Å². The van der Waals surface area contributed by atoms with Gasteiger partial charge in [0, 0.05) is 5.69 Å². The maximum atomic E-state index is 11.7. The van der Waals surface area contributed by atoms with Crippen molar-refractivity contribution in [2.45, 2.75) is 5.16 Å². The fourth-order valence-corrected chi connectivity index (χ4v) is 1.97. The number of aromatic hydroxyl groups is 1. The van der Waals surface area contributed by atoms with Crippen molar-refractivity contribution in [2.24, 2.45) is 0 Å². The molecule has 0 aliphatic carbocycles. The molecule has 0 aliphatic rings. The Hall–Kier alpha value is -2.55. The topological polar surface area (TPSA) is 123 Å². The van der Waals surface area contributed by atoms with E-state index in [0.29, 0.717) is 5.69 Å². The van der Waals surface area contributed by atoms with Crippen LogP contribution in [0.25, 0.3) is 0 Å². The molecule has 2 aromatic rings. The van der Waals surface area contributed by atoms with Gasteiger partial charge in [0.15, 0.2) is 0 Å². The summed E-state index contributed by atoms with van der Waals surface area (Å²) in [7, 11) is 0. The fourth-order valence-electron chi connectivity index (χ4n) is 1.30. The first-order chi connectivity index (χ1) is 9.56. The van der Waals surface area contributed by atoms with Gasteiger partial charge >= 0.3 is 0 Å². The van der Waals surface area contributed by atoms with Crippen molar-refractivity contribution in [2.75, 3.05) is 16.9 Å². The highest BCUT2D eigenvalue weighted by molar-refractivity contribution is 7.99. The normalized spacial score (nSPS) is 10.2. The largest absolute Gasteiger partial charge is 0.508 e. The molecule has 0 radical (unpaired) electrons. The van der Waals surface area contributed by atoms with Gasteiger partial charge in [0.25, 0.3) is 5.56 Å². The van der Waals surface area contributed by atoms with Crippen molar-refractivity contribution < 1.29 is 9.90 Å². The van der Waals surface area contributed by atoms with E-state index >= 15 is 0 Å². The molecule has 0 fully saturated rings. The van der Waals surface area contributed by atoms with E-state index in [1.807, 2.05) is 0 Å². The van der Waals surface area contributed by atoms with Crippen molar-refractivity contribution in [3.63, 3.8) is 0 Å². The lowest BCUT2D eigenvalue weighted by Gasteiger charge is -2.06. The van der Waals surface area contributed by atoms with Crippen LogP contribution in [-0.2, 0) is 4.79 Å². The van der Waals surface area contributed by atoms with E-state index in [0.717, 1.165) is 22.6 Å². The average Bonchev–Trinajstić information content (AvgIpc) is 2.43. The zero-order valence-corrected chi connectivity index (χ0v) is 11.0. The van der Waals surface area contributed by atoms with Crippen molar-refractivity contribution in [1.29, 1.82) is 0 Å². The van der Waals surface area contributed by atoms with Crippen molar-refractivity contribution in [1.82, 2.24) is 14.9 Å². The molecule has 0 unspecified atom stereocenters. The molecule has 0 saturated heterocycles. The highest BCUT2D eigenvalue weighted by atomic mass is 32.2. The summed E-state index contributed by atoms with van der Waals surface area (Å²) >= 11 is 0.995. The number of hydrogen-bond donors (Lipinski definition) is 3. The van der Waals surface area contributed by atoms with Gasteiger partial charge in [-0.3, -0.25) is 9.59 Å². The first kappa shape index (κ1) is 13.9. The summed E-state index contributed by atoms with van der Waals surface area (Å²) in [5.41, 5.74) is 0.0547. The second kappa shape index (κ2) is 6.06. The average molecular weight is 293 g/mol. The monoisotopic (exact) mass is 293 g/mol. The summed E-state index contributed by atoms with van der Waals surface area (Å²) in [6, 6.07) is 6.06. The third-order valence-electron chi connectivity index (χ3n) is 2.24. The number of amides is 1. The van der Waals surface area contributed by atoms with Crippen LogP contribution in [0.5, 0.6) is 5.75 Å². The number of nitrogens with one attached hydrogen (secondary N) is 1. The minimum absolute atomic E-state index is 0.0240. The van der Waals surface area contributed by atoms with Crippen LogP contribution in [0.15, 0.2) is 40.4 Å². The predicted octanol–water partition coefficient (Wildman–Crippen LogP) is -0.212. The Kier molecular flexibility index (Phi) is 4.20. The summed E-state index contributed by atoms with van der Waals surface area (Å²) < 4.78 is 0.825. The molecule has 1 heterocycles. The number of rotatable bonds is 4. The number of nitrogens with two attached hydrogens (primary N) is 1. The summed E-state index contributed by atoms with van der Waals surface area (Å²) in [4.78, 5) is 22.9. The third kappa shape index (κ3) is 3.48. The van der Waals surface area contributed by atoms with E-state index in [1.54, 1.807) is 12.1 Å². The van der Waals surface area contributed by atoms with E-state index in [9.17, 15) is 9.59 Å². The molecule has 1 aromatic carbocycles. The summed E-state index contributed by atoms with van der Waals surface area (Å²) in [6.45, 7) is 0. The molecule has 0 bridgehead atoms. The SMILES string of the molecule is Nn1c(SCC(=O)Nc2ccc(O)cc2)nncc1=O. The van der Waals surface area contributed by atoms with Crippen LogP contribution in [0.4, 0.5) is 5.69 Å². The number of thioether (sulfide) groups is 1. The number of phenolic OH excluding ortho intramolecular Hbond substituents is 1. The first-order valence-electron chi connectivity index (χ1n) is 5.48. The maximum Gasteiger partial charge on any atom is 0.291 e. The number of phenols is 1. The first-order valence-corrected chi connectivity index (χ1v) is 6.46. The van der Waals surface area contributed by atoms with E-state index in [2.05, 4.69) is 15.5 Å². The molecule has 9 heteroatoms. The van der Waals surface area contributed by atoms with Crippen molar-refractivity contribution >= 4 is 23.4 Å². The molecule has 1 aromatic heterocycles. The molecular formula is C11H11N5O3S. The summed E-state index contributed by atoms with van der Waals surface area (Å²) in [5.74, 6) is 5.31. The van der Waals surface area contributed by atoms with Gasteiger partial charge in [0.05, 0.1) is 5.75 Å². The molecule has 20 heavy (non-hydrogen) atoms. The smallest absolute Gasteiger partial charge is 0.291 e. The van der Waals surface area contributed by atoms with E-state index in [-0.39, 0.29) is 22.6 Å². The van der Waals surface area contributed by atoms with E-state index < -0.39 is 5.56 Å². The lowest BCUT2D eigenvalue weighted by atomic mass is 10.3. The van der Waals surface area contributed by atoms with Crippen LogP contribution >= 0.6 is 11.8 Å². The second-order valence-corrected chi connectivity index (χ2v) is 4.66. The Balaban J connectivity index is 1.94. The Morgan fingerprint density at radius 2 is 2.10 bits per heavy atom. The van der Waals surface area contributed by atoms with E-state index in [1.165, 1.54) is 12.1 Å². The molecule has 0 saturated carbocycles. The van der Waals surface area contributed by atoms with Crippen molar-refractivity contribution in [3.05, 3.63) is 40.8 Å². The van der Waals surface area contributed by atoms with Gasteiger partial charge in [-0.1, -0.05) is 11.8 Å². The molecule has 2 rings (SSSR count). The number of benzene rings is 1. The number of nitrogen functional groups attached to an aromatic ring is 1. The van der Waals surface area contributed by atoms with Crippen LogP contribution in [0, 0.1) is 0 Å². The van der Waals surface area contributed by atoms with Crippen molar-refractivity contribution in [3.8, 4) is 5.75 Å². The van der Waals surface area contributed by atoms with Gasteiger partial charge in [-0.05, 0) is 24.3 Å². The third-order valence-corrected chi connectivity index (χ3v) is 3.18. The van der Waals surface area contributed by atoms with Gasteiger partial charge < -0.3 is 16.3 Å². The Morgan fingerprint density at radius 1 is 1.40 bits per heavy atom. The molecule has 1 amide bonds. The summed E-state index contributed by atoms with van der Waals surface area (Å²) in [5, 5.41) is 19.0. The van der Waals surface area contributed by atoms with Crippen LogP contribution in [-0.4, -0.2) is 31.6 Å². The standard InChI is InChI=1S/C11H11N5O3S/c12-16-10(19)5-13-15-11(16)20-6-9(18)14-7-1-3-8(17)4-2-7/h1-5,17H,6,12H2,(H,14,18). The molecule has 4 N–H and O–H groups in total. The number of anilines is 1. The molecule has 0 aliphatic heterocycles. The van der Waals surface area contributed by atoms with Crippen LogP contribution in [0.2, 0.25) is 0 Å². The zero-order chi connectivity index (χ0) is 14.5. The van der Waals surface area contributed by atoms with E-state index in [4.69, 9.17) is 10.9 Å².